The van der Waals surface area contributed by atoms with Gasteiger partial charge in [0.05, 0.1) is 11.7 Å². The van der Waals surface area contributed by atoms with E-state index in [2.05, 4.69) is 33.4 Å². The number of carbonyl (C=O) groups is 1. The third-order valence-electron chi connectivity index (χ3n) is 6.49. The SMILES string of the molecule is C=C1[C@@H](O)C[C@H]2C(C)(C)CCC[C@]2(C)[C@H]1C=CC1=CCOC1=O. The van der Waals surface area contributed by atoms with Gasteiger partial charge in [0, 0.05) is 5.92 Å². The first-order chi connectivity index (χ1) is 10.8. The first-order valence-corrected chi connectivity index (χ1v) is 8.68. The average Bonchev–Trinajstić information content (AvgIpc) is 2.87. The van der Waals surface area contributed by atoms with Crippen molar-refractivity contribution < 1.29 is 14.6 Å². The van der Waals surface area contributed by atoms with Crippen molar-refractivity contribution in [2.24, 2.45) is 22.7 Å². The van der Waals surface area contributed by atoms with Crippen LogP contribution >= 0.6 is 0 Å². The zero-order chi connectivity index (χ0) is 16.8. The molecule has 0 saturated heterocycles. The molecule has 2 aliphatic carbocycles. The molecule has 3 nitrogen and oxygen atoms in total. The summed E-state index contributed by atoms with van der Waals surface area (Å²) < 4.78 is 4.96. The van der Waals surface area contributed by atoms with Crippen LogP contribution in [0.5, 0.6) is 0 Å². The summed E-state index contributed by atoms with van der Waals surface area (Å²) >= 11 is 0. The monoisotopic (exact) mass is 316 g/mol. The molecule has 0 bridgehead atoms. The fourth-order valence-corrected chi connectivity index (χ4v) is 5.19. The summed E-state index contributed by atoms with van der Waals surface area (Å²) in [6.07, 6.45) is 9.67. The maximum Gasteiger partial charge on any atom is 0.338 e. The average molecular weight is 316 g/mol. The van der Waals surface area contributed by atoms with Crippen LogP contribution in [-0.4, -0.2) is 23.8 Å². The molecule has 2 saturated carbocycles. The van der Waals surface area contributed by atoms with E-state index in [1.165, 1.54) is 12.8 Å². The number of aliphatic hydroxyl groups is 1. The van der Waals surface area contributed by atoms with E-state index in [9.17, 15) is 9.90 Å². The third-order valence-corrected chi connectivity index (χ3v) is 6.49. The zero-order valence-electron chi connectivity index (χ0n) is 14.5. The fourth-order valence-electron chi connectivity index (χ4n) is 5.19. The Bertz CT molecular complexity index is 584. The Morgan fingerprint density at radius 1 is 1.35 bits per heavy atom. The van der Waals surface area contributed by atoms with E-state index in [0.717, 1.165) is 18.4 Å². The van der Waals surface area contributed by atoms with E-state index in [1.807, 2.05) is 12.2 Å². The largest absolute Gasteiger partial charge is 0.458 e. The molecule has 1 aliphatic heterocycles. The van der Waals surface area contributed by atoms with Crippen molar-refractivity contribution in [1.82, 2.24) is 0 Å². The predicted octanol–water partition coefficient (Wildman–Crippen LogP) is 3.80. The molecular weight excluding hydrogens is 288 g/mol. The number of ether oxygens (including phenoxy) is 1. The summed E-state index contributed by atoms with van der Waals surface area (Å²) in [4.78, 5) is 11.6. The minimum absolute atomic E-state index is 0.0949. The van der Waals surface area contributed by atoms with Crippen LogP contribution in [-0.2, 0) is 9.53 Å². The second-order valence-electron chi connectivity index (χ2n) is 8.32. The first kappa shape index (κ1) is 16.5. The van der Waals surface area contributed by atoms with Gasteiger partial charge >= 0.3 is 5.97 Å². The number of esters is 1. The van der Waals surface area contributed by atoms with Gasteiger partial charge in [-0.3, -0.25) is 0 Å². The van der Waals surface area contributed by atoms with Crippen LogP contribution in [0.4, 0.5) is 0 Å². The molecule has 0 aromatic rings. The lowest BCUT2D eigenvalue weighted by atomic mass is 9.47. The van der Waals surface area contributed by atoms with Crippen molar-refractivity contribution in [1.29, 1.82) is 0 Å². The Labute approximate surface area is 139 Å². The van der Waals surface area contributed by atoms with Crippen molar-refractivity contribution in [3.05, 3.63) is 36.0 Å². The highest BCUT2D eigenvalue weighted by molar-refractivity contribution is 5.93. The number of allylic oxidation sites excluding steroid dienone is 1. The van der Waals surface area contributed by atoms with Gasteiger partial charge < -0.3 is 9.84 Å². The van der Waals surface area contributed by atoms with E-state index in [4.69, 9.17) is 4.74 Å². The Hall–Kier alpha value is -1.35. The molecule has 4 atom stereocenters. The van der Waals surface area contributed by atoms with Crippen LogP contribution in [0, 0.1) is 22.7 Å². The summed E-state index contributed by atoms with van der Waals surface area (Å²) in [7, 11) is 0. The van der Waals surface area contributed by atoms with Crippen molar-refractivity contribution in [2.75, 3.05) is 6.61 Å². The molecule has 23 heavy (non-hydrogen) atoms. The normalized spacial score (nSPS) is 40.0. The Kier molecular flexibility index (Phi) is 4.04. The molecule has 2 fully saturated rings. The molecular formula is C20H28O3. The van der Waals surface area contributed by atoms with Crippen LogP contribution in [0.15, 0.2) is 36.0 Å². The third kappa shape index (κ3) is 2.69. The molecule has 1 heterocycles. The number of carbonyl (C=O) groups excluding carboxylic acids is 1. The minimum atomic E-state index is -0.454. The quantitative estimate of drug-likeness (QED) is 0.623. The lowest BCUT2D eigenvalue weighted by molar-refractivity contribution is -0.135. The summed E-state index contributed by atoms with van der Waals surface area (Å²) in [5.41, 5.74) is 1.84. The highest BCUT2D eigenvalue weighted by Gasteiger charge is 2.54. The van der Waals surface area contributed by atoms with Gasteiger partial charge in [-0.05, 0) is 47.7 Å². The van der Waals surface area contributed by atoms with Crippen LogP contribution in [0.1, 0.15) is 46.5 Å². The van der Waals surface area contributed by atoms with Gasteiger partial charge in [0.2, 0.25) is 0 Å². The molecule has 3 aliphatic rings. The minimum Gasteiger partial charge on any atom is -0.458 e. The van der Waals surface area contributed by atoms with Gasteiger partial charge in [-0.15, -0.1) is 0 Å². The van der Waals surface area contributed by atoms with Gasteiger partial charge in [-0.1, -0.05) is 45.9 Å². The molecule has 1 N–H and O–H groups in total. The van der Waals surface area contributed by atoms with E-state index < -0.39 is 6.10 Å². The topological polar surface area (TPSA) is 46.5 Å². The number of aliphatic hydroxyl groups excluding tert-OH is 1. The lowest BCUT2D eigenvalue weighted by Gasteiger charge is -2.58. The number of cyclic esters (lactones) is 1. The molecule has 126 valence electrons. The predicted molar refractivity (Wildman–Crippen MR) is 90.7 cm³/mol. The summed E-state index contributed by atoms with van der Waals surface area (Å²) in [5.74, 6) is 0.308. The molecule has 0 aromatic heterocycles. The molecule has 0 unspecified atom stereocenters. The number of fused-ring (bicyclic) bond motifs is 1. The first-order valence-electron chi connectivity index (χ1n) is 8.68. The summed E-state index contributed by atoms with van der Waals surface area (Å²) in [5, 5.41) is 10.5. The highest BCUT2D eigenvalue weighted by Crippen LogP contribution is 2.61. The van der Waals surface area contributed by atoms with Gasteiger partial charge in [0.15, 0.2) is 0 Å². The van der Waals surface area contributed by atoms with Crippen LogP contribution in [0.3, 0.4) is 0 Å². The van der Waals surface area contributed by atoms with E-state index in [0.29, 0.717) is 18.1 Å². The highest BCUT2D eigenvalue weighted by atomic mass is 16.5. The second kappa shape index (κ2) is 5.62. The van der Waals surface area contributed by atoms with E-state index in [-0.39, 0.29) is 22.7 Å². The molecule has 3 heteroatoms. The van der Waals surface area contributed by atoms with Crippen molar-refractivity contribution in [3.8, 4) is 0 Å². The van der Waals surface area contributed by atoms with E-state index >= 15 is 0 Å². The molecule has 0 aromatic carbocycles. The zero-order valence-corrected chi connectivity index (χ0v) is 14.5. The van der Waals surface area contributed by atoms with Crippen molar-refractivity contribution in [3.63, 3.8) is 0 Å². The molecule has 0 spiro atoms. The van der Waals surface area contributed by atoms with Crippen LogP contribution in [0.25, 0.3) is 0 Å². The standard InChI is InChI=1S/C20H28O3/c1-13-15(7-6-14-8-11-23-18(14)22)20(4)10-5-9-19(2,3)17(20)12-16(13)21/h6-8,15-17,21H,1,5,9-12H2,2-4H3/t15-,16-,17-,20+/m0/s1. The van der Waals surface area contributed by atoms with Crippen LogP contribution < -0.4 is 0 Å². The van der Waals surface area contributed by atoms with Gasteiger partial charge in [-0.2, -0.15) is 0 Å². The maximum absolute atomic E-state index is 11.6. The van der Waals surface area contributed by atoms with Gasteiger partial charge in [0.1, 0.15) is 6.61 Å². The lowest BCUT2D eigenvalue weighted by Crippen LogP contribution is -2.52. The van der Waals surface area contributed by atoms with Crippen LogP contribution in [0.2, 0.25) is 0 Å². The smallest absolute Gasteiger partial charge is 0.338 e. The van der Waals surface area contributed by atoms with Crippen molar-refractivity contribution >= 4 is 5.97 Å². The Balaban J connectivity index is 1.94. The molecule has 3 rings (SSSR count). The van der Waals surface area contributed by atoms with Gasteiger partial charge in [-0.25, -0.2) is 4.79 Å². The van der Waals surface area contributed by atoms with E-state index in [1.54, 1.807) is 0 Å². The maximum atomic E-state index is 11.6. The number of rotatable bonds is 2. The Morgan fingerprint density at radius 3 is 2.74 bits per heavy atom. The fraction of sp³-hybridized carbons (Fsp3) is 0.650. The number of hydrogen-bond acceptors (Lipinski definition) is 3. The second-order valence-corrected chi connectivity index (χ2v) is 8.32. The van der Waals surface area contributed by atoms with Gasteiger partial charge in [0.25, 0.3) is 0 Å². The molecule has 0 amide bonds. The summed E-state index contributed by atoms with van der Waals surface area (Å²) in [6.45, 7) is 11.5. The van der Waals surface area contributed by atoms with Crippen molar-refractivity contribution in [2.45, 2.75) is 52.6 Å². The molecule has 0 radical (unpaired) electrons. The summed E-state index contributed by atoms with van der Waals surface area (Å²) in [6, 6.07) is 0. The Morgan fingerprint density at radius 2 is 2.09 bits per heavy atom. The number of hydrogen-bond donors (Lipinski definition) is 1.